The highest BCUT2D eigenvalue weighted by Gasteiger charge is 2.37. The van der Waals surface area contributed by atoms with Crippen LogP contribution < -0.4 is 0 Å². The fraction of sp³-hybridized carbons (Fsp3) is 0.357. The molecule has 1 aromatic rings. The number of oxime groups is 1. The highest BCUT2D eigenvalue weighted by atomic mass is 16.6. The molecular weight excluding hydrogens is 272 g/mol. The summed E-state index contributed by atoms with van der Waals surface area (Å²) in [7, 11) is 1.54. The Morgan fingerprint density at radius 3 is 2.71 bits per heavy atom. The normalized spacial score (nSPS) is 18.8. The van der Waals surface area contributed by atoms with Gasteiger partial charge in [-0.05, 0) is 19.4 Å². The number of hydrogen-bond acceptors (Lipinski definition) is 5. The molecule has 0 bridgehead atoms. The van der Waals surface area contributed by atoms with Gasteiger partial charge in [-0.3, -0.25) is 10.0 Å². The third-order valence-electron chi connectivity index (χ3n) is 3.10. The molecule has 0 saturated carbocycles. The standard InChI is InChI=1S/C14H18N4O3/c1-10-13(14(19)17(3)15-10)18(20)11(2)16-21-9-12-7-5-4-6-8-12/h4-8,13,20H,9H2,1-3H3. The summed E-state index contributed by atoms with van der Waals surface area (Å²) in [6.45, 7) is 3.52. The zero-order valence-electron chi connectivity index (χ0n) is 12.2. The molecule has 0 radical (unpaired) electrons. The van der Waals surface area contributed by atoms with Crippen molar-refractivity contribution < 1.29 is 14.8 Å². The second-order valence-electron chi connectivity index (χ2n) is 4.75. The van der Waals surface area contributed by atoms with Crippen LogP contribution in [0.5, 0.6) is 0 Å². The van der Waals surface area contributed by atoms with Crippen LogP contribution in [0.25, 0.3) is 0 Å². The molecule has 0 saturated heterocycles. The van der Waals surface area contributed by atoms with Gasteiger partial charge in [0, 0.05) is 7.05 Å². The van der Waals surface area contributed by atoms with Gasteiger partial charge in [-0.1, -0.05) is 35.5 Å². The van der Waals surface area contributed by atoms with Crippen molar-refractivity contribution in [1.82, 2.24) is 10.1 Å². The van der Waals surface area contributed by atoms with Crippen molar-refractivity contribution in [3.8, 4) is 0 Å². The summed E-state index contributed by atoms with van der Waals surface area (Å²) in [5.74, 6) is -0.123. The Hall–Kier alpha value is -2.41. The Balaban J connectivity index is 1.96. The highest BCUT2D eigenvalue weighted by Crippen LogP contribution is 2.13. The Morgan fingerprint density at radius 2 is 2.14 bits per heavy atom. The number of likely N-dealkylation sites (N-methyl/N-ethyl adjacent to an activating group) is 1. The van der Waals surface area contributed by atoms with Gasteiger partial charge in [0.1, 0.15) is 6.61 Å². The summed E-state index contributed by atoms with van der Waals surface area (Å²) in [6, 6.07) is 8.69. The first-order chi connectivity index (χ1) is 10.0. The molecular formula is C14H18N4O3. The minimum atomic E-state index is -0.848. The largest absolute Gasteiger partial charge is 0.389 e. The van der Waals surface area contributed by atoms with Crippen molar-refractivity contribution >= 4 is 17.5 Å². The van der Waals surface area contributed by atoms with Crippen LogP contribution >= 0.6 is 0 Å². The second kappa shape index (κ2) is 6.36. The number of amidine groups is 1. The first kappa shape index (κ1) is 15.0. The van der Waals surface area contributed by atoms with E-state index in [0.29, 0.717) is 5.71 Å². The van der Waals surface area contributed by atoms with E-state index >= 15 is 0 Å². The van der Waals surface area contributed by atoms with Crippen LogP contribution in [0.3, 0.4) is 0 Å². The van der Waals surface area contributed by atoms with E-state index in [2.05, 4.69) is 10.3 Å². The molecule has 1 unspecified atom stereocenters. The quantitative estimate of drug-likeness (QED) is 0.517. The molecule has 1 N–H and O–H groups in total. The molecule has 1 amide bonds. The Morgan fingerprint density at radius 1 is 1.48 bits per heavy atom. The fourth-order valence-corrected chi connectivity index (χ4v) is 1.98. The lowest BCUT2D eigenvalue weighted by atomic mass is 10.2. The zero-order valence-corrected chi connectivity index (χ0v) is 12.2. The molecule has 0 spiro atoms. The van der Waals surface area contributed by atoms with Crippen molar-refractivity contribution in [3.05, 3.63) is 35.9 Å². The van der Waals surface area contributed by atoms with Crippen LogP contribution in [0.1, 0.15) is 19.4 Å². The molecule has 7 nitrogen and oxygen atoms in total. The van der Waals surface area contributed by atoms with E-state index < -0.39 is 6.04 Å². The number of nitrogens with zero attached hydrogens (tertiary/aromatic N) is 4. The second-order valence-corrected chi connectivity index (χ2v) is 4.75. The smallest absolute Gasteiger partial charge is 0.273 e. The van der Waals surface area contributed by atoms with E-state index in [1.54, 1.807) is 13.8 Å². The SMILES string of the molecule is CC1=NN(C)C(=O)C1N(O)C(C)=NOCc1ccccc1. The fourth-order valence-electron chi connectivity index (χ4n) is 1.98. The van der Waals surface area contributed by atoms with Gasteiger partial charge in [-0.2, -0.15) is 5.10 Å². The maximum absolute atomic E-state index is 11.9. The molecule has 112 valence electrons. The van der Waals surface area contributed by atoms with Gasteiger partial charge in [0.15, 0.2) is 11.9 Å². The number of rotatable bonds is 4. The van der Waals surface area contributed by atoms with E-state index in [1.807, 2.05) is 30.3 Å². The van der Waals surface area contributed by atoms with Crippen molar-refractivity contribution in [2.45, 2.75) is 26.5 Å². The molecule has 1 aliphatic rings. The predicted octanol–water partition coefficient (Wildman–Crippen LogP) is 1.44. The van der Waals surface area contributed by atoms with Gasteiger partial charge in [-0.15, -0.1) is 0 Å². The first-order valence-corrected chi connectivity index (χ1v) is 6.52. The maximum Gasteiger partial charge on any atom is 0.273 e. The Labute approximate surface area is 123 Å². The molecule has 7 heteroatoms. The van der Waals surface area contributed by atoms with Gasteiger partial charge in [-0.25, -0.2) is 10.1 Å². The molecule has 1 aromatic carbocycles. The van der Waals surface area contributed by atoms with E-state index in [9.17, 15) is 10.0 Å². The summed E-state index contributed by atoms with van der Waals surface area (Å²) >= 11 is 0. The average molecular weight is 290 g/mol. The molecule has 0 fully saturated rings. The molecule has 21 heavy (non-hydrogen) atoms. The van der Waals surface area contributed by atoms with Crippen molar-refractivity contribution in [3.63, 3.8) is 0 Å². The van der Waals surface area contributed by atoms with Crippen molar-refractivity contribution in [1.29, 1.82) is 0 Å². The Bertz CT molecular complexity index is 571. The lowest BCUT2D eigenvalue weighted by molar-refractivity contribution is -0.138. The molecule has 1 atom stereocenters. The van der Waals surface area contributed by atoms with E-state index in [-0.39, 0.29) is 18.3 Å². The topological polar surface area (TPSA) is 77.7 Å². The van der Waals surface area contributed by atoms with Gasteiger partial charge in [0.05, 0.1) is 5.71 Å². The van der Waals surface area contributed by atoms with E-state index in [4.69, 9.17) is 4.84 Å². The number of carbonyl (C=O) groups is 1. The summed E-state index contributed by atoms with van der Waals surface area (Å²) in [6.07, 6.45) is 0. The molecule has 2 rings (SSSR count). The molecule has 1 heterocycles. The van der Waals surface area contributed by atoms with E-state index in [0.717, 1.165) is 10.6 Å². The number of hydrogen-bond donors (Lipinski definition) is 1. The van der Waals surface area contributed by atoms with Gasteiger partial charge in [0.25, 0.3) is 5.91 Å². The number of amides is 1. The Kier molecular flexibility index (Phi) is 4.54. The third kappa shape index (κ3) is 3.38. The van der Waals surface area contributed by atoms with Crippen LogP contribution in [0.15, 0.2) is 40.6 Å². The zero-order chi connectivity index (χ0) is 15.4. The van der Waals surface area contributed by atoms with Gasteiger partial charge >= 0.3 is 0 Å². The maximum atomic E-state index is 11.9. The first-order valence-electron chi connectivity index (χ1n) is 6.52. The molecule has 0 aliphatic carbocycles. The van der Waals surface area contributed by atoms with E-state index in [1.165, 1.54) is 12.1 Å². The summed E-state index contributed by atoms with van der Waals surface area (Å²) in [5.41, 5.74) is 1.47. The molecule has 1 aliphatic heterocycles. The number of hydroxylamine groups is 2. The van der Waals surface area contributed by atoms with Gasteiger partial charge < -0.3 is 4.84 Å². The van der Waals surface area contributed by atoms with Crippen LogP contribution in [0.2, 0.25) is 0 Å². The lowest BCUT2D eigenvalue weighted by Crippen LogP contribution is -2.46. The summed E-state index contributed by atoms with van der Waals surface area (Å²) < 4.78 is 0. The van der Waals surface area contributed by atoms with Crippen LogP contribution in [-0.4, -0.2) is 45.8 Å². The summed E-state index contributed by atoms with van der Waals surface area (Å²) in [4.78, 5) is 17.1. The number of benzene rings is 1. The van der Waals surface area contributed by atoms with Crippen LogP contribution in [-0.2, 0) is 16.2 Å². The van der Waals surface area contributed by atoms with Crippen LogP contribution in [0, 0.1) is 0 Å². The minimum Gasteiger partial charge on any atom is -0.389 e. The third-order valence-corrected chi connectivity index (χ3v) is 3.10. The average Bonchev–Trinajstić information content (AvgIpc) is 2.72. The number of hydrazone groups is 1. The highest BCUT2D eigenvalue weighted by molar-refractivity contribution is 6.12. The monoisotopic (exact) mass is 290 g/mol. The lowest BCUT2D eigenvalue weighted by Gasteiger charge is -2.21. The van der Waals surface area contributed by atoms with Crippen LogP contribution in [0.4, 0.5) is 0 Å². The predicted molar refractivity (Wildman–Crippen MR) is 77.6 cm³/mol. The van der Waals surface area contributed by atoms with Crippen molar-refractivity contribution in [2.24, 2.45) is 10.3 Å². The summed E-state index contributed by atoms with van der Waals surface area (Å²) in [5, 5.41) is 19.8. The number of carbonyl (C=O) groups excluding carboxylic acids is 1. The minimum absolute atomic E-state index is 0.189. The molecule has 0 aromatic heterocycles. The van der Waals surface area contributed by atoms with Gasteiger partial charge in [0.2, 0.25) is 0 Å². The van der Waals surface area contributed by atoms with Crippen molar-refractivity contribution in [2.75, 3.05) is 7.05 Å².